The lowest BCUT2D eigenvalue weighted by molar-refractivity contribution is -0.141. The predicted octanol–water partition coefficient (Wildman–Crippen LogP) is 5.78. The van der Waals surface area contributed by atoms with E-state index in [0.717, 1.165) is 22.4 Å². The van der Waals surface area contributed by atoms with E-state index in [0.29, 0.717) is 17.9 Å². The second kappa shape index (κ2) is 9.57. The van der Waals surface area contributed by atoms with Crippen molar-refractivity contribution in [2.75, 3.05) is 0 Å². The molecule has 0 saturated heterocycles. The number of hydrogen-bond donors (Lipinski definition) is 1. The summed E-state index contributed by atoms with van der Waals surface area (Å²) in [5.41, 5.74) is 3.21. The van der Waals surface area contributed by atoms with Crippen LogP contribution in [0, 0.1) is 24.7 Å². The van der Waals surface area contributed by atoms with Crippen LogP contribution in [0.4, 0.5) is 5.69 Å². The molecule has 0 amide bonds. The van der Waals surface area contributed by atoms with Crippen molar-refractivity contribution in [2.24, 2.45) is 11.1 Å². The standard InChI is InChI=1S/C18H19NO4.C2H6/c1-11-8-14(10-13(3)18(20)21)9-12(2)17(11)23-16-6-4-15(19-22)5-7-16;1-2/h4-9,13H,10H2,1-3H3,(H,20,21);1-2H3/t13-;/m0./s1. The Labute approximate surface area is 148 Å². The van der Waals surface area contributed by atoms with Crippen molar-refractivity contribution < 1.29 is 14.6 Å². The van der Waals surface area contributed by atoms with E-state index in [1.165, 1.54) is 0 Å². The zero-order valence-corrected chi connectivity index (χ0v) is 15.4. The maximum atomic E-state index is 11.0. The average molecular weight is 343 g/mol. The molecule has 25 heavy (non-hydrogen) atoms. The number of hydrogen-bond acceptors (Lipinski definition) is 4. The molecule has 1 N–H and O–H groups in total. The van der Waals surface area contributed by atoms with E-state index in [9.17, 15) is 9.70 Å². The molecule has 0 radical (unpaired) electrons. The van der Waals surface area contributed by atoms with Crippen LogP contribution < -0.4 is 4.74 Å². The van der Waals surface area contributed by atoms with Gasteiger partial charge in [0, 0.05) is 0 Å². The number of rotatable bonds is 6. The van der Waals surface area contributed by atoms with Gasteiger partial charge in [0.15, 0.2) is 0 Å². The summed E-state index contributed by atoms with van der Waals surface area (Å²) in [6.45, 7) is 9.55. The van der Waals surface area contributed by atoms with Gasteiger partial charge in [0.25, 0.3) is 0 Å². The number of nitrogens with zero attached hydrogens (tertiary/aromatic N) is 1. The predicted molar refractivity (Wildman–Crippen MR) is 99.7 cm³/mol. The number of carbonyl (C=O) groups is 1. The highest BCUT2D eigenvalue weighted by Gasteiger charge is 2.14. The van der Waals surface area contributed by atoms with Gasteiger partial charge in [-0.3, -0.25) is 4.79 Å². The normalized spacial score (nSPS) is 11.1. The van der Waals surface area contributed by atoms with Gasteiger partial charge in [0.05, 0.1) is 5.92 Å². The van der Waals surface area contributed by atoms with Gasteiger partial charge < -0.3 is 9.84 Å². The molecular weight excluding hydrogens is 318 g/mol. The lowest BCUT2D eigenvalue weighted by Gasteiger charge is -2.15. The zero-order chi connectivity index (χ0) is 19.0. The molecule has 134 valence electrons. The smallest absolute Gasteiger partial charge is 0.306 e. The van der Waals surface area contributed by atoms with Crippen LogP contribution in [0.3, 0.4) is 0 Å². The molecule has 0 saturated carbocycles. The third kappa shape index (κ3) is 5.71. The Morgan fingerprint density at radius 3 is 2.08 bits per heavy atom. The lowest BCUT2D eigenvalue weighted by atomic mass is 9.97. The monoisotopic (exact) mass is 343 g/mol. The fraction of sp³-hybridized carbons (Fsp3) is 0.350. The number of benzene rings is 2. The van der Waals surface area contributed by atoms with Crippen molar-refractivity contribution in [2.45, 2.75) is 41.0 Å². The van der Waals surface area contributed by atoms with E-state index in [1.54, 1.807) is 31.2 Å². The van der Waals surface area contributed by atoms with E-state index in [1.807, 2.05) is 39.8 Å². The average Bonchev–Trinajstić information content (AvgIpc) is 2.60. The maximum Gasteiger partial charge on any atom is 0.306 e. The van der Waals surface area contributed by atoms with Crippen molar-refractivity contribution in [3.8, 4) is 11.5 Å². The fourth-order valence-electron chi connectivity index (χ4n) is 2.45. The molecule has 0 aliphatic heterocycles. The van der Waals surface area contributed by atoms with E-state index < -0.39 is 11.9 Å². The van der Waals surface area contributed by atoms with Crippen LogP contribution in [0.5, 0.6) is 11.5 Å². The molecule has 1 atom stereocenters. The molecule has 0 aromatic heterocycles. The minimum atomic E-state index is -0.801. The first-order valence-electron chi connectivity index (χ1n) is 8.35. The molecule has 5 nitrogen and oxygen atoms in total. The van der Waals surface area contributed by atoms with Gasteiger partial charge in [0.1, 0.15) is 17.2 Å². The van der Waals surface area contributed by atoms with Gasteiger partial charge in [-0.15, -0.1) is 4.91 Å². The van der Waals surface area contributed by atoms with Crippen molar-refractivity contribution in [3.63, 3.8) is 0 Å². The first kappa shape index (κ1) is 20.4. The van der Waals surface area contributed by atoms with Gasteiger partial charge in [0.2, 0.25) is 0 Å². The number of ether oxygens (including phenoxy) is 1. The molecule has 2 rings (SSSR count). The largest absolute Gasteiger partial charge is 0.481 e. The number of aryl methyl sites for hydroxylation is 2. The minimum absolute atomic E-state index is 0.351. The van der Waals surface area contributed by atoms with E-state index in [-0.39, 0.29) is 0 Å². The van der Waals surface area contributed by atoms with Crippen LogP contribution in [0.2, 0.25) is 0 Å². The van der Waals surface area contributed by atoms with Gasteiger partial charge in [-0.1, -0.05) is 32.9 Å². The number of carboxylic acids is 1. The van der Waals surface area contributed by atoms with Crippen LogP contribution in [0.15, 0.2) is 41.6 Å². The summed E-state index contributed by atoms with van der Waals surface area (Å²) in [7, 11) is 0. The van der Waals surface area contributed by atoms with Crippen molar-refractivity contribution in [3.05, 3.63) is 58.0 Å². The van der Waals surface area contributed by atoms with Crippen LogP contribution in [-0.4, -0.2) is 11.1 Å². The second-order valence-corrected chi connectivity index (χ2v) is 5.69. The fourth-order valence-corrected chi connectivity index (χ4v) is 2.45. The molecular formula is C20H25NO4. The Kier molecular flexibility index (Phi) is 7.79. The van der Waals surface area contributed by atoms with Gasteiger partial charge in [-0.2, -0.15) is 0 Å². The number of aliphatic carboxylic acids is 1. The molecule has 0 unspecified atom stereocenters. The highest BCUT2D eigenvalue weighted by atomic mass is 16.5. The molecule has 0 fully saturated rings. The summed E-state index contributed by atoms with van der Waals surface area (Å²) >= 11 is 0. The molecule has 0 spiro atoms. The van der Waals surface area contributed by atoms with E-state index in [2.05, 4.69) is 5.18 Å². The SMILES string of the molecule is CC.Cc1cc(C[C@H](C)C(=O)O)cc(C)c1Oc1ccc(N=O)cc1. The van der Waals surface area contributed by atoms with E-state index >= 15 is 0 Å². The maximum absolute atomic E-state index is 11.0. The minimum Gasteiger partial charge on any atom is -0.481 e. The van der Waals surface area contributed by atoms with E-state index in [4.69, 9.17) is 9.84 Å². The molecule has 0 bridgehead atoms. The second-order valence-electron chi connectivity index (χ2n) is 5.69. The molecule has 5 heteroatoms. The molecule has 2 aromatic rings. The Morgan fingerprint density at radius 1 is 1.12 bits per heavy atom. The third-order valence-corrected chi connectivity index (χ3v) is 3.65. The van der Waals surface area contributed by atoms with Crippen molar-refractivity contribution in [1.82, 2.24) is 0 Å². The first-order valence-corrected chi connectivity index (χ1v) is 8.35. The summed E-state index contributed by atoms with van der Waals surface area (Å²) in [5, 5.41) is 11.9. The summed E-state index contributed by atoms with van der Waals surface area (Å²) in [6.07, 6.45) is 0.483. The quantitative estimate of drug-likeness (QED) is 0.674. The number of carboxylic acid groups (broad SMARTS) is 1. The van der Waals surface area contributed by atoms with Gasteiger partial charge in [-0.05, 0) is 66.4 Å². The van der Waals surface area contributed by atoms with Crippen molar-refractivity contribution >= 4 is 11.7 Å². The molecule has 2 aromatic carbocycles. The van der Waals surface area contributed by atoms with Crippen LogP contribution in [0.1, 0.15) is 37.5 Å². The summed E-state index contributed by atoms with van der Waals surface area (Å²) in [4.78, 5) is 21.4. The summed E-state index contributed by atoms with van der Waals surface area (Å²) in [5.74, 6) is 0.132. The Hall–Kier alpha value is -2.69. The van der Waals surface area contributed by atoms with Crippen LogP contribution >= 0.6 is 0 Å². The molecule has 0 heterocycles. The van der Waals surface area contributed by atoms with Gasteiger partial charge >= 0.3 is 5.97 Å². The topological polar surface area (TPSA) is 76.0 Å². The highest BCUT2D eigenvalue weighted by molar-refractivity contribution is 5.70. The number of nitroso groups, excluding NO2 is 1. The zero-order valence-electron chi connectivity index (χ0n) is 15.4. The van der Waals surface area contributed by atoms with Crippen LogP contribution in [0.25, 0.3) is 0 Å². The summed E-state index contributed by atoms with van der Waals surface area (Å²) in [6, 6.07) is 10.5. The van der Waals surface area contributed by atoms with Crippen molar-refractivity contribution in [1.29, 1.82) is 0 Å². The summed E-state index contributed by atoms with van der Waals surface area (Å²) < 4.78 is 5.89. The first-order chi connectivity index (χ1) is 11.9. The van der Waals surface area contributed by atoms with Gasteiger partial charge in [-0.25, -0.2) is 0 Å². The lowest BCUT2D eigenvalue weighted by Crippen LogP contribution is -2.12. The third-order valence-electron chi connectivity index (χ3n) is 3.65. The Balaban J connectivity index is 0.00000151. The van der Waals surface area contributed by atoms with Crippen LogP contribution in [-0.2, 0) is 11.2 Å². The highest BCUT2D eigenvalue weighted by Crippen LogP contribution is 2.31. The molecule has 0 aliphatic rings. The molecule has 0 aliphatic carbocycles. The Bertz CT molecular complexity index is 700. The Morgan fingerprint density at radius 2 is 1.64 bits per heavy atom.